The van der Waals surface area contributed by atoms with E-state index in [9.17, 15) is 17.6 Å². The van der Waals surface area contributed by atoms with Crippen molar-refractivity contribution in [1.82, 2.24) is 4.31 Å². The van der Waals surface area contributed by atoms with Gasteiger partial charge < -0.3 is 5.32 Å². The molecule has 0 bridgehead atoms. The highest BCUT2D eigenvalue weighted by Gasteiger charge is 2.18. The lowest BCUT2D eigenvalue weighted by Crippen LogP contribution is -2.34. The third-order valence-electron chi connectivity index (χ3n) is 3.90. The molecular formula is C19H20FN3O3S. The molecule has 0 saturated heterocycles. The normalized spacial score (nSPS) is 11.2. The third kappa shape index (κ3) is 6.81. The smallest absolute Gasteiger partial charge is 0.225 e. The Morgan fingerprint density at radius 3 is 2.52 bits per heavy atom. The second kappa shape index (κ2) is 9.26. The fourth-order valence-electron chi connectivity index (χ4n) is 2.46. The number of nitrogens with one attached hydrogen (secondary N) is 1. The molecule has 2 rings (SSSR count). The molecule has 1 amide bonds. The summed E-state index contributed by atoms with van der Waals surface area (Å²) in [6, 6.07) is 14.3. The van der Waals surface area contributed by atoms with E-state index in [1.54, 1.807) is 36.4 Å². The fourth-order valence-corrected chi connectivity index (χ4v) is 3.31. The summed E-state index contributed by atoms with van der Waals surface area (Å²) in [6.45, 7) is 0.228. The molecule has 1 N–H and O–H groups in total. The molecule has 6 nitrogen and oxygen atoms in total. The Morgan fingerprint density at radius 1 is 1.19 bits per heavy atom. The number of anilines is 1. The molecule has 0 fully saturated rings. The van der Waals surface area contributed by atoms with Crippen molar-refractivity contribution in [3.05, 3.63) is 65.5 Å². The third-order valence-corrected chi connectivity index (χ3v) is 5.20. The summed E-state index contributed by atoms with van der Waals surface area (Å²) in [5, 5.41) is 11.5. The van der Waals surface area contributed by atoms with E-state index < -0.39 is 10.0 Å². The number of nitriles is 1. The number of halogens is 1. The van der Waals surface area contributed by atoms with Gasteiger partial charge in [-0.2, -0.15) is 5.26 Å². The Bertz CT molecular complexity index is 937. The number of rotatable bonds is 8. The Labute approximate surface area is 158 Å². The quantitative estimate of drug-likeness (QED) is 0.751. The molecule has 0 spiro atoms. The molecule has 0 aliphatic carbocycles. The molecule has 0 saturated carbocycles. The first-order valence-corrected chi connectivity index (χ1v) is 10.1. The minimum absolute atomic E-state index is 0.0206. The van der Waals surface area contributed by atoms with E-state index in [0.717, 1.165) is 11.8 Å². The molecular weight excluding hydrogens is 369 g/mol. The number of nitrogens with zero attached hydrogens (tertiary/aromatic N) is 2. The average Bonchev–Trinajstić information content (AvgIpc) is 2.62. The lowest BCUT2D eigenvalue weighted by Gasteiger charge is -2.19. The minimum Gasteiger partial charge on any atom is -0.326 e. The van der Waals surface area contributed by atoms with Crippen LogP contribution < -0.4 is 5.32 Å². The maximum atomic E-state index is 12.9. The predicted molar refractivity (Wildman–Crippen MR) is 101 cm³/mol. The van der Waals surface area contributed by atoms with Crippen LogP contribution in [-0.4, -0.2) is 38.0 Å². The molecule has 0 aliphatic heterocycles. The van der Waals surface area contributed by atoms with Gasteiger partial charge in [0.25, 0.3) is 0 Å². The van der Waals surface area contributed by atoms with Crippen molar-refractivity contribution in [2.45, 2.75) is 12.8 Å². The summed E-state index contributed by atoms with van der Waals surface area (Å²) in [4.78, 5) is 12.1. The van der Waals surface area contributed by atoms with Gasteiger partial charge >= 0.3 is 0 Å². The zero-order valence-electron chi connectivity index (χ0n) is 14.9. The van der Waals surface area contributed by atoms with Crippen molar-refractivity contribution >= 4 is 21.6 Å². The number of hydrogen-bond donors (Lipinski definition) is 1. The average molecular weight is 389 g/mol. The van der Waals surface area contributed by atoms with Crippen LogP contribution >= 0.6 is 0 Å². The lowest BCUT2D eigenvalue weighted by atomic mass is 10.1. The standard InChI is InChI=1S/C19H20FN3O3S/c1-27(25,26)23(11-9-15-5-7-17(20)8-6-15)12-10-19(24)22-18-4-2-3-16(13-18)14-21/h2-8,13H,9-12H2,1H3,(H,22,24). The molecule has 0 atom stereocenters. The first kappa shape index (κ1) is 20.6. The number of amides is 1. The second-order valence-electron chi connectivity index (χ2n) is 6.03. The zero-order chi connectivity index (χ0) is 19.9. The van der Waals surface area contributed by atoms with Crippen LogP contribution in [0.25, 0.3) is 0 Å². The Morgan fingerprint density at radius 2 is 1.89 bits per heavy atom. The summed E-state index contributed by atoms with van der Waals surface area (Å²) >= 11 is 0. The summed E-state index contributed by atoms with van der Waals surface area (Å²) in [5.74, 6) is -0.698. The monoisotopic (exact) mass is 389 g/mol. The van der Waals surface area contributed by atoms with Crippen LogP contribution in [-0.2, 0) is 21.2 Å². The number of sulfonamides is 1. The van der Waals surface area contributed by atoms with E-state index in [4.69, 9.17) is 5.26 Å². The van der Waals surface area contributed by atoms with Gasteiger partial charge in [0.2, 0.25) is 15.9 Å². The van der Waals surface area contributed by atoms with Crippen LogP contribution in [0.4, 0.5) is 10.1 Å². The van der Waals surface area contributed by atoms with E-state index in [2.05, 4.69) is 5.32 Å². The Kier molecular flexibility index (Phi) is 7.05. The van der Waals surface area contributed by atoms with Crippen LogP contribution in [0.15, 0.2) is 48.5 Å². The Balaban J connectivity index is 1.92. The first-order chi connectivity index (χ1) is 12.8. The van der Waals surface area contributed by atoms with Crippen molar-refractivity contribution in [2.24, 2.45) is 0 Å². The number of carbonyl (C=O) groups is 1. The van der Waals surface area contributed by atoms with E-state index in [1.807, 2.05) is 6.07 Å². The highest BCUT2D eigenvalue weighted by atomic mass is 32.2. The minimum atomic E-state index is -3.49. The molecule has 8 heteroatoms. The van der Waals surface area contributed by atoms with Crippen molar-refractivity contribution in [3.8, 4) is 6.07 Å². The molecule has 0 unspecified atom stereocenters. The van der Waals surface area contributed by atoms with E-state index in [1.165, 1.54) is 16.4 Å². The Hall–Kier alpha value is -2.76. The van der Waals surface area contributed by atoms with E-state index in [0.29, 0.717) is 17.7 Å². The van der Waals surface area contributed by atoms with Crippen LogP contribution in [0.2, 0.25) is 0 Å². The molecule has 27 heavy (non-hydrogen) atoms. The number of benzene rings is 2. The van der Waals surface area contributed by atoms with Gasteiger partial charge in [0.05, 0.1) is 17.9 Å². The molecule has 0 radical (unpaired) electrons. The first-order valence-electron chi connectivity index (χ1n) is 8.27. The predicted octanol–water partition coefficient (Wildman–Crippen LogP) is 2.53. The summed E-state index contributed by atoms with van der Waals surface area (Å²) in [6.07, 6.45) is 1.48. The van der Waals surface area contributed by atoms with Crippen molar-refractivity contribution < 1.29 is 17.6 Å². The van der Waals surface area contributed by atoms with Gasteiger partial charge in [-0.1, -0.05) is 18.2 Å². The molecule has 2 aromatic rings. The van der Waals surface area contributed by atoms with Gasteiger partial charge in [-0.05, 0) is 42.3 Å². The summed E-state index contributed by atoms with van der Waals surface area (Å²) in [7, 11) is -3.49. The van der Waals surface area contributed by atoms with E-state index >= 15 is 0 Å². The van der Waals surface area contributed by atoms with Crippen molar-refractivity contribution in [1.29, 1.82) is 5.26 Å². The van der Waals surface area contributed by atoms with Crippen molar-refractivity contribution in [3.63, 3.8) is 0 Å². The largest absolute Gasteiger partial charge is 0.326 e. The van der Waals surface area contributed by atoms with E-state index in [-0.39, 0.29) is 31.2 Å². The SMILES string of the molecule is CS(=O)(=O)N(CCC(=O)Nc1cccc(C#N)c1)CCc1ccc(F)cc1. The maximum absolute atomic E-state index is 12.9. The van der Waals surface area contributed by atoms with Crippen LogP contribution in [0.3, 0.4) is 0 Å². The zero-order valence-corrected chi connectivity index (χ0v) is 15.7. The highest BCUT2D eigenvalue weighted by Crippen LogP contribution is 2.11. The van der Waals surface area contributed by atoms with Gasteiger partial charge in [0, 0.05) is 25.2 Å². The second-order valence-corrected chi connectivity index (χ2v) is 8.01. The van der Waals surface area contributed by atoms with Gasteiger partial charge in [-0.25, -0.2) is 17.1 Å². The summed E-state index contributed by atoms with van der Waals surface area (Å²) in [5.41, 5.74) is 1.71. The molecule has 0 aliphatic rings. The molecule has 0 heterocycles. The fraction of sp³-hybridized carbons (Fsp3) is 0.263. The van der Waals surface area contributed by atoms with Crippen LogP contribution in [0.5, 0.6) is 0 Å². The highest BCUT2D eigenvalue weighted by molar-refractivity contribution is 7.88. The van der Waals surface area contributed by atoms with Gasteiger partial charge in [0.1, 0.15) is 5.82 Å². The number of hydrogen-bond acceptors (Lipinski definition) is 4. The molecule has 142 valence electrons. The van der Waals surface area contributed by atoms with Gasteiger partial charge in [-0.15, -0.1) is 0 Å². The maximum Gasteiger partial charge on any atom is 0.225 e. The van der Waals surface area contributed by atoms with Gasteiger partial charge in [-0.3, -0.25) is 4.79 Å². The number of carbonyl (C=O) groups excluding carboxylic acids is 1. The lowest BCUT2D eigenvalue weighted by molar-refractivity contribution is -0.116. The van der Waals surface area contributed by atoms with Crippen LogP contribution in [0.1, 0.15) is 17.5 Å². The van der Waals surface area contributed by atoms with Crippen molar-refractivity contribution in [2.75, 3.05) is 24.7 Å². The topological polar surface area (TPSA) is 90.3 Å². The molecule has 0 aromatic heterocycles. The molecule has 2 aromatic carbocycles. The van der Waals surface area contributed by atoms with Gasteiger partial charge in [0.15, 0.2) is 0 Å². The summed E-state index contributed by atoms with van der Waals surface area (Å²) < 4.78 is 38.1. The van der Waals surface area contributed by atoms with Crippen LogP contribution in [0, 0.1) is 17.1 Å².